The van der Waals surface area contributed by atoms with Gasteiger partial charge >= 0.3 is 5.97 Å². The molecule has 2 aromatic heterocycles. The maximum atomic E-state index is 11.6. The summed E-state index contributed by atoms with van der Waals surface area (Å²) in [5, 5.41) is 2.83. The van der Waals surface area contributed by atoms with Gasteiger partial charge in [0.2, 0.25) is 5.82 Å². The summed E-state index contributed by atoms with van der Waals surface area (Å²) in [5.74, 6) is -0.707. The van der Waals surface area contributed by atoms with E-state index in [2.05, 4.69) is 26.1 Å². The van der Waals surface area contributed by atoms with Crippen LogP contribution >= 0.6 is 15.9 Å². The van der Waals surface area contributed by atoms with Crippen LogP contribution in [0.2, 0.25) is 0 Å². The molecule has 0 aliphatic rings. The van der Waals surface area contributed by atoms with Crippen molar-refractivity contribution in [2.45, 2.75) is 6.92 Å². The molecular formula is C10H8BrN3O3. The number of hydrogen-bond donors (Lipinski definition) is 0. The lowest BCUT2D eigenvalue weighted by atomic mass is 10.4. The van der Waals surface area contributed by atoms with Crippen LogP contribution in [-0.4, -0.2) is 22.0 Å². The minimum Gasteiger partial charge on any atom is -0.461 e. The number of pyridine rings is 1. The van der Waals surface area contributed by atoms with Crippen LogP contribution in [0.3, 0.4) is 0 Å². The van der Waals surface area contributed by atoms with Gasteiger partial charge in [-0.15, -0.1) is 4.91 Å². The Labute approximate surface area is 105 Å². The van der Waals surface area contributed by atoms with Crippen molar-refractivity contribution in [2.75, 3.05) is 6.61 Å². The van der Waals surface area contributed by atoms with Crippen LogP contribution in [0.15, 0.2) is 28.0 Å². The minimum absolute atomic E-state index is 0.0558. The zero-order valence-electron chi connectivity index (χ0n) is 8.88. The Bertz CT molecular complexity index is 594. The van der Waals surface area contributed by atoms with Crippen LogP contribution in [0.1, 0.15) is 17.4 Å². The first-order valence-electron chi connectivity index (χ1n) is 4.85. The number of carbonyl (C=O) groups is 1. The Morgan fingerprint density at radius 3 is 3.00 bits per heavy atom. The molecule has 0 saturated carbocycles. The lowest BCUT2D eigenvalue weighted by molar-refractivity contribution is 0.0521. The Morgan fingerprint density at radius 2 is 2.35 bits per heavy atom. The smallest absolute Gasteiger partial charge is 0.361 e. The third-order valence-corrected chi connectivity index (χ3v) is 2.58. The summed E-state index contributed by atoms with van der Waals surface area (Å²) >= 11 is 3.26. The van der Waals surface area contributed by atoms with Crippen molar-refractivity contribution in [3.63, 3.8) is 0 Å². The molecule has 2 aromatic rings. The number of nitrogens with zero attached hydrogens (tertiary/aromatic N) is 3. The van der Waals surface area contributed by atoms with Crippen molar-refractivity contribution >= 4 is 33.4 Å². The van der Waals surface area contributed by atoms with E-state index in [0.29, 0.717) is 5.65 Å². The molecular weight excluding hydrogens is 290 g/mol. The second-order valence-corrected chi connectivity index (χ2v) is 4.09. The number of esters is 1. The van der Waals surface area contributed by atoms with E-state index in [4.69, 9.17) is 4.74 Å². The number of halogens is 1. The maximum absolute atomic E-state index is 11.6. The molecule has 0 aliphatic heterocycles. The lowest BCUT2D eigenvalue weighted by Crippen LogP contribution is -2.05. The van der Waals surface area contributed by atoms with Gasteiger partial charge in [-0.05, 0) is 40.2 Å². The Hall–Kier alpha value is -1.76. The van der Waals surface area contributed by atoms with Crippen molar-refractivity contribution < 1.29 is 9.53 Å². The Kier molecular flexibility index (Phi) is 3.19. The molecule has 0 saturated heterocycles. The van der Waals surface area contributed by atoms with Crippen LogP contribution in [0.4, 0.5) is 5.82 Å². The predicted octanol–water partition coefficient (Wildman–Crippen LogP) is 2.67. The van der Waals surface area contributed by atoms with Gasteiger partial charge in [0.1, 0.15) is 5.65 Å². The molecule has 0 unspecified atom stereocenters. The van der Waals surface area contributed by atoms with Crippen molar-refractivity contribution in [1.29, 1.82) is 0 Å². The number of imidazole rings is 1. The number of carbonyl (C=O) groups excluding carboxylic acids is 1. The fraction of sp³-hybridized carbons (Fsp3) is 0.200. The molecule has 0 spiro atoms. The van der Waals surface area contributed by atoms with Gasteiger partial charge in [0.25, 0.3) is 0 Å². The highest BCUT2D eigenvalue weighted by Crippen LogP contribution is 2.24. The molecule has 0 atom stereocenters. The van der Waals surface area contributed by atoms with E-state index in [1.807, 2.05) is 0 Å². The highest BCUT2D eigenvalue weighted by molar-refractivity contribution is 9.10. The van der Waals surface area contributed by atoms with Gasteiger partial charge in [-0.3, -0.25) is 4.40 Å². The molecule has 0 amide bonds. The van der Waals surface area contributed by atoms with Gasteiger partial charge in [-0.25, -0.2) is 9.78 Å². The molecule has 0 fully saturated rings. The topological polar surface area (TPSA) is 73.0 Å². The predicted molar refractivity (Wildman–Crippen MR) is 64.3 cm³/mol. The van der Waals surface area contributed by atoms with E-state index < -0.39 is 5.97 Å². The summed E-state index contributed by atoms with van der Waals surface area (Å²) < 4.78 is 6.99. The number of hydrogen-bond acceptors (Lipinski definition) is 5. The van der Waals surface area contributed by atoms with Crippen molar-refractivity contribution in [3.8, 4) is 0 Å². The van der Waals surface area contributed by atoms with E-state index >= 15 is 0 Å². The second-order valence-electron chi connectivity index (χ2n) is 3.17. The van der Waals surface area contributed by atoms with Gasteiger partial charge < -0.3 is 4.74 Å². The molecule has 17 heavy (non-hydrogen) atoms. The highest BCUT2D eigenvalue weighted by Gasteiger charge is 2.20. The normalized spacial score (nSPS) is 10.5. The SMILES string of the molecule is CCOC(=O)c1nc2ccc(Br)cn2c1N=O. The number of nitroso groups, excluding NO2 is 1. The Balaban J connectivity index is 2.64. The van der Waals surface area contributed by atoms with E-state index in [0.717, 1.165) is 4.47 Å². The van der Waals surface area contributed by atoms with Crippen molar-refractivity contribution in [1.82, 2.24) is 9.38 Å². The van der Waals surface area contributed by atoms with Crippen LogP contribution in [-0.2, 0) is 4.74 Å². The zero-order chi connectivity index (χ0) is 12.4. The van der Waals surface area contributed by atoms with E-state index in [9.17, 15) is 9.70 Å². The molecule has 2 heterocycles. The van der Waals surface area contributed by atoms with Crippen LogP contribution in [0.5, 0.6) is 0 Å². The van der Waals surface area contributed by atoms with Gasteiger partial charge in [0.05, 0.1) is 6.61 Å². The summed E-state index contributed by atoms with van der Waals surface area (Å²) in [6, 6.07) is 3.42. The second kappa shape index (κ2) is 4.62. The molecule has 2 rings (SSSR count). The fourth-order valence-corrected chi connectivity index (χ4v) is 1.77. The van der Waals surface area contributed by atoms with Gasteiger partial charge in [0.15, 0.2) is 5.69 Å². The van der Waals surface area contributed by atoms with Crippen LogP contribution in [0.25, 0.3) is 5.65 Å². The van der Waals surface area contributed by atoms with Crippen LogP contribution in [0, 0.1) is 4.91 Å². The number of ether oxygens (including phenoxy) is 1. The van der Waals surface area contributed by atoms with Gasteiger partial charge in [0, 0.05) is 10.7 Å². The first-order chi connectivity index (χ1) is 8.17. The largest absolute Gasteiger partial charge is 0.461 e. The summed E-state index contributed by atoms with van der Waals surface area (Å²) in [4.78, 5) is 26.4. The third-order valence-electron chi connectivity index (χ3n) is 2.11. The molecule has 7 heteroatoms. The Morgan fingerprint density at radius 1 is 1.59 bits per heavy atom. The van der Waals surface area contributed by atoms with Crippen LogP contribution < -0.4 is 0 Å². The molecule has 0 aromatic carbocycles. The minimum atomic E-state index is -0.651. The summed E-state index contributed by atoms with van der Waals surface area (Å²) in [6.45, 7) is 1.90. The molecule has 0 radical (unpaired) electrons. The van der Waals surface area contributed by atoms with E-state index in [1.54, 1.807) is 25.3 Å². The average Bonchev–Trinajstić information content (AvgIpc) is 2.67. The maximum Gasteiger partial charge on any atom is 0.361 e. The standard InChI is InChI=1S/C10H8BrN3O3/c1-2-17-10(15)8-9(13-16)14-5-6(11)3-4-7(14)12-8/h3-5H,2H2,1H3. The summed E-state index contributed by atoms with van der Waals surface area (Å²) in [7, 11) is 0. The molecule has 88 valence electrons. The number of aromatic nitrogens is 2. The van der Waals surface area contributed by atoms with E-state index in [1.165, 1.54) is 4.40 Å². The summed E-state index contributed by atoms with van der Waals surface area (Å²) in [5.41, 5.74) is 0.394. The zero-order valence-corrected chi connectivity index (χ0v) is 10.5. The average molecular weight is 298 g/mol. The third kappa shape index (κ3) is 2.05. The molecule has 0 bridgehead atoms. The van der Waals surface area contributed by atoms with Crippen molar-refractivity contribution in [3.05, 3.63) is 33.4 Å². The lowest BCUT2D eigenvalue weighted by Gasteiger charge is -1.97. The van der Waals surface area contributed by atoms with Gasteiger partial charge in [-0.1, -0.05) is 0 Å². The van der Waals surface area contributed by atoms with E-state index in [-0.39, 0.29) is 18.1 Å². The highest BCUT2D eigenvalue weighted by atomic mass is 79.9. The van der Waals surface area contributed by atoms with Crippen molar-refractivity contribution in [2.24, 2.45) is 5.18 Å². The monoisotopic (exact) mass is 297 g/mol. The first-order valence-corrected chi connectivity index (χ1v) is 5.64. The summed E-state index contributed by atoms with van der Waals surface area (Å²) in [6.07, 6.45) is 1.61. The molecule has 0 aliphatic carbocycles. The fourth-order valence-electron chi connectivity index (χ4n) is 1.43. The first kappa shape index (κ1) is 11.7. The number of fused-ring (bicyclic) bond motifs is 1. The number of rotatable bonds is 3. The molecule has 0 N–H and O–H groups in total. The quantitative estimate of drug-likeness (QED) is 0.645. The van der Waals surface area contributed by atoms with Gasteiger partial charge in [-0.2, -0.15) is 0 Å². The molecule has 6 nitrogen and oxygen atoms in total.